The van der Waals surface area contributed by atoms with Gasteiger partial charge in [-0.05, 0) is 72.7 Å². The van der Waals surface area contributed by atoms with Gasteiger partial charge in [0.25, 0.3) is 5.91 Å². The normalized spacial score (nSPS) is 10.8. The third kappa shape index (κ3) is 6.68. The third-order valence-corrected chi connectivity index (χ3v) is 5.13. The molecule has 0 radical (unpaired) electrons. The smallest absolute Gasteiger partial charge is 0.255 e. The van der Waals surface area contributed by atoms with E-state index in [9.17, 15) is 9.59 Å². The fraction of sp³-hybridized carbons (Fsp3) is 0.107. The van der Waals surface area contributed by atoms with Crippen LogP contribution in [0.15, 0.2) is 97.5 Å². The van der Waals surface area contributed by atoms with Crippen molar-refractivity contribution in [3.63, 3.8) is 0 Å². The van der Waals surface area contributed by atoms with Crippen LogP contribution in [0.1, 0.15) is 35.1 Å². The van der Waals surface area contributed by atoms with Crippen LogP contribution in [0, 0.1) is 0 Å². The highest BCUT2D eigenvalue weighted by atomic mass is 16.2. The lowest BCUT2D eigenvalue weighted by Gasteiger charge is -2.09. The molecule has 2 N–H and O–H groups in total. The van der Waals surface area contributed by atoms with Gasteiger partial charge < -0.3 is 10.6 Å². The summed E-state index contributed by atoms with van der Waals surface area (Å²) in [6.07, 6.45) is 9.83. The molecule has 0 bridgehead atoms. The van der Waals surface area contributed by atoms with Gasteiger partial charge in [0.1, 0.15) is 5.82 Å². The van der Waals surface area contributed by atoms with Gasteiger partial charge >= 0.3 is 0 Å². The second-order valence-electron chi connectivity index (χ2n) is 7.81. The molecule has 2 heterocycles. The minimum Gasteiger partial charge on any atom is -0.323 e. The van der Waals surface area contributed by atoms with E-state index >= 15 is 0 Å². The van der Waals surface area contributed by atoms with Crippen LogP contribution in [-0.4, -0.2) is 26.8 Å². The topological polar surface area (TPSA) is 96.9 Å². The van der Waals surface area contributed by atoms with E-state index in [0.29, 0.717) is 29.2 Å². The molecule has 4 rings (SSSR count). The number of nitrogens with zero attached hydrogens (tertiary/aromatic N) is 3. The predicted octanol–water partition coefficient (Wildman–Crippen LogP) is 5.29. The van der Waals surface area contributed by atoms with E-state index in [-0.39, 0.29) is 11.8 Å². The summed E-state index contributed by atoms with van der Waals surface area (Å²) in [4.78, 5) is 37.7. The molecule has 0 saturated heterocycles. The van der Waals surface area contributed by atoms with Crippen molar-refractivity contribution in [1.82, 2.24) is 15.0 Å². The SMILES string of the molecule is CC/C=C/C(=O)Nc1ccc(C(=O)Nc2cccc(Cc3nccc(-c4cccnc4)n3)c2)cc1. The van der Waals surface area contributed by atoms with Crippen molar-refractivity contribution in [3.05, 3.63) is 114 Å². The number of hydrogen-bond donors (Lipinski definition) is 2. The fourth-order valence-electron chi connectivity index (χ4n) is 3.42. The number of hydrogen-bond acceptors (Lipinski definition) is 5. The van der Waals surface area contributed by atoms with E-state index < -0.39 is 0 Å². The van der Waals surface area contributed by atoms with Crippen LogP contribution in [0.25, 0.3) is 11.3 Å². The van der Waals surface area contributed by atoms with E-state index in [2.05, 4.69) is 25.6 Å². The Kier molecular flexibility index (Phi) is 7.70. The van der Waals surface area contributed by atoms with Gasteiger partial charge in [-0.25, -0.2) is 9.97 Å². The third-order valence-electron chi connectivity index (χ3n) is 5.13. The summed E-state index contributed by atoms with van der Waals surface area (Å²) in [5.74, 6) is 0.248. The molecule has 0 aliphatic carbocycles. The van der Waals surface area contributed by atoms with Crippen molar-refractivity contribution in [3.8, 4) is 11.3 Å². The molecule has 4 aromatic rings. The number of carbonyl (C=O) groups is 2. The van der Waals surface area contributed by atoms with Gasteiger partial charge in [0.2, 0.25) is 5.91 Å². The molecular weight excluding hydrogens is 438 g/mol. The van der Waals surface area contributed by atoms with E-state index in [1.807, 2.05) is 49.4 Å². The molecule has 0 saturated carbocycles. The minimum absolute atomic E-state index is 0.198. The number of benzene rings is 2. The second-order valence-corrected chi connectivity index (χ2v) is 7.81. The van der Waals surface area contributed by atoms with Crippen molar-refractivity contribution in [2.75, 3.05) is 10.6 Å². The van der Waals surface area contributed by atoms with Crippen molar-refractivity contribution < 1.29 is 9.59 Å². The molecule has 0 fully saturated rings. The van der Waals surface area contributed by atoms with E-state index in [1.165, 1.54) is 6.08 Å². The summed E-state index contributed by atoms with van der Waals surface area (Å²) >= 11 is 0. The summed E-state index contributed by atoms with van der Waals surface area (Å²) in [6.45, 7) is 1.96. The summed E-state index contributed by atoms with van der Waals surface area (Å²) in [5, 5.41) is 5.69. The Hall–Kier alpha value is -4.65. The average Bonchev–Trinajstić information content (AvgIpc) is 2.89. The zero-order valence-electron chi connectivity index (χ0n) is 19.3. The van der Waals surface area contributed by atoms with Crippen LogP contribution >= 0.6 is 0 Å². The highest BCUT2D eigenvalue weighted by molar-refractivity contribution is 6.05. The fourth-order valence-corrected chi connectivity index (χ4v) is 3.42. The van der Waals surface area contributed by atoms with Crippen molar-refractivity contribution in [1.29, 1.82) is 0 Å². The number of anilines is 2. The first-order valence-electron chi connectivity index (χ1n) is 11.3. The Labute approximate surface area is 204 Å². The first-order chi connectivity index (χ1) is 17.1. The molecule has 7 nitrogen and oxygen atoms in total. The van der Waals surface area contributed by atoms with Gasteiger partial charge in [0.05, 0.1) is 5.69 Å². The van der Waals surface area contributed by atoms with Gasteiger partial charge in [0, 0.05) is 47.5 Å². The Balaban J connectivity index is 1.40. The molecule has 0 atom stereocenters. The minimum atomic E-state index is -0.235. The van der Waals surface area contributed by atoms with Crippen molar-refractivity contribution >= 4 is 23.2 Å². The lowest BCUT2D eigenvalue weighted by molar-refractivity contribution is -0.111. The zero-order valence-corrected chi connectivity index (χ0v) is 19.3. The molecule has 174 valence electrons. The number of nitrogens with one attached hydrogen (secondary N) is 2. The summed E-state index contributed by atoms with van der Waals surface area (Å²) in [7, 11) is 0. The molecule has 35 heavy (non-hydrogen) atoms. The highest BCUT2D eigenvalue weighted by Crippen LogP contribution is 2.18. The van der Waals surface area contributed by atoms with Crippen molar-refractivity contribution in [2.24, 2.45) is 0 Å². The van der Waals surface area contributed by atoms with Crippen LogP contribution in [-0.2, 0) is 11.2 Å². The van der Waals surface area contributed by atoms with Gasteiger partial charge in [0.15, 0.2) is 0 Å². The first-order valence-corrected chi connectivity index (χ1v) is 11.3. The molecule has 2 amide bonds. The Morgan fingerprint density at radius 3 is 2.54 bits per heavy atom. The maximum absolute atomic E-state index is 12.7. The lowest BCUT2D eigenvalue weighted by atomic mass is 10.1. The molecule has 0 aliphatic rings. The number of amides is 2. The molecule has 2 aromatic heterocycles. The molecule has 0 aliphatic heterocycles. The van der Waals surface area contributed by atoms with Crippen molar-refractivity contribution in [2.45, 2.75) is 19.8 Å². The largest absolute Gasteiger partial charge is 0.323 e. The Morgan fingerprint density at radius 1 is 0.914 bits per heavy atom. The maximum Gasteiger partial charge on any atom is 0.255 e. The van der Waals surface area contributed by atoms with Crippen LogP contribution in [0.5, 0.6) is 0 Å². The molecular formula is C28H25N5O2. The summed E-state index contributed by atoms with van der Waals surface area (Å²) in [5.41, 5.74) is 4.52. The Bertz CT molecular complexity index is 1340. The second kappa shape index (κ2) is 11.5. The molecule has 0 unspecified atom stereocenters. The van der Waals surface area contributed by atoms with Crippen LogP contribution < -0.4 is 10.6 Å². The standard InChI is InChI=1S/C28H25N5O2/c1-2-3-9-27(34)31-23-12-10-21(11-13-23)28(35)32-24-8-4-6-20(17-24)18-26-30-16-14-25(33-26)22-7-5-15-29-19-22/h3-17,19H,2,18H2,1H3,(H,31,34)(H,32,35)/b9-3+. The first kappa shape index (κ1) is 23.5. The quantitative estimate of drug-likeness (QED) is 0.346. The van der Waals surface area contributed by atoms with Crippen LogP contribution in [0.4, 0.5) is 11.4 Å². The van der Waals surface area contributed by atoms with Gasteiger partial charge in [-0.15, -0.1) is 0 Å². The highest BCUT2D eigenvalue weighted by Gasteiger charge is 2.09. The molecule has 7 heteroatoms. The predicted molar refractivity (Wildman–Crippen MR) is 137 cm³/mol. The monoisotopic (exact) mass is 463 g/mol. The van der Waals surface area contributed by atoms with Gasteiger partial charge in [-0.2, -0.15) is 0 Å². The number of carbonyl (C=O) groups excluding carboxylic acids is 2. The molecule has 2 aromatic carbocycles. The van der Waals surface area contributed by atoms with Gasteiger partial charge in [-0.1, -0.05) is 25.1 Å². The lowest BCUT2D eigenvalue weighted by Crippen LogP contribution is -2.13. The number of allylic oxidation sites excluding steroid dienone is 1. The number of aromatic nitrogens is 3. The van der Waals surface area contributed by atoms with E-state index in [1.54, 1.807) is 48.9 Å². The van der Waals surface area contributed by atoms with E-state index in [4.69, 9.17) is 0 Å². The van der Waals surface area contributed by atoms with Gasteiger partial charge in [-0.3, -0.25) is 14.6 Å². The summed E-state index contributed by atoms with van der Waals surface area (Å²) < 4.78 is 0. The average molecular weight is 464 g/mol. The maximum atomic E-state index is 12.7. The number of rotatable bonds is 8. The van der Waals surface area contributed by atoms with Crippen LogP contribution in [0.2, 0.25) is 0 Å². The summed E-state index contributed by atoms with van der Waals surface area (Å²) in [6, 6.07) is 20.1. The van der Waals surface area contributed by atoms with E-state index in [0.717, 1.165) is 23.2 Å². The molecule has 0 spiro atoms. The van der Waals surface area contributed by atoms with Crippen LogP contribution in [0.3, 0.4) is 0 Å². The number of pyridine rings is 1. The zero-order chi connectivity index (χ0) is 24.5. The Morgan fingerprint density at radius 2 is 1.77 bits per heavy atom.